The first-order chi connectivity index (χ1) is 23.9. The number of para-hydroxylation sites is 2. The van der Waals surface area contributed by atoms with Crippen molar-refractivity contribution in [3.63, 3.8) is 0 Å². The van der Waals surface area contributed by atoms with Crippen molar-refractivity contribution in [1.82, 2.24) is 9.13 Å². The number of fused-ring (bicyclic) bond motifs is 6. The number of alkyl halides is 6. The Morgan fingerprint density at radius 1 is 0.520 bits per heavy atom. The lowest BCUT2D eigenvalue weighted by molar-refractivity contribution is -0.138. The first kappa shape index (κ1) is 31.3. The van der Waals surface area contributed by atoms with Crippen LogP contribution in [0.1, 0.15) is 22.3 Å². The average Bonchev–Trinajstić information content (AvgIpc) is 3.61. The zero-order valence-corrected chi connectivity index (χ0v) is 26.6. The van der Waals surface area contributed by atoms with Gasteiger partial charge in [0.15, 0.2) is 5.69 Å². The van der Waals surface area contributed by atoms with Gasteiger partial charge in [0.1, 0.15) is 0 Å². The third-order valence-corrected chi connectivity index (χ3v) is 9.38. The van der Waals surface area contributed by atoms with E-state index in [1.165, 1.54) is 6.07 Å². The molecule has 0 N–H and O–H groups in total. The highest BCUT2D eigenvalue weighted by molar-refractivity contribution is 6.13. The monoisotopic (exact) mass is 673 g/mol. The summed E-state index contributed by atoms with van der Waals surface area (Å²) in [6.07, 6.45) is -9.64. The summed E-state index contributed by atoms with van der Waals surface area (Å²) in [5, 5.41) is 3.19. The van der Waals surface area contributed by atoms with Gasteiger partial charge in [-0.25, -0.2) is 4.85 Å². The predicted molar refractivity (Wildman–Crippen MR) is 186 cm³/mol. The van der Waals surface area contributed by atoms with Gasteiger partial charge in [-0.2, -0.15) is 26.3 Å². The van der Waals surface area contributed by atoms with Crippen molar-refractivity contribution in [2.24, 2.45) is 0 Å². The van der Waals surface area contributed by atoms with Crippen LogP contribution in [0.2, 0.25) is 0 Å². The maximum Gasteiger partial charge on any atom is 0.416 e. The van der Waals surface area contributed by atoms with E-state index in [1.807, 2.05) is 50.2 Å². The standard InChI is InChI=1S/C41H25F6N3/c1-23-10-8-16-33-37(23)29-12-4-6-14-31(29)49(33)35-21-27(41(45,46)47)22-36(39(35)25-18-26(40(42,43)44)20-28(19-25)48-3)50-32-15-7-5-13-30(32)38-24(2)11-9-17-34(38)50/h4-22H,1-2H3. The molecule has 8 rings (SSSR count). The summed E-state index contributed by atoms with van der Waals surface area (Å²) in [5.74, 6) is 0. The Hall–Kier alpha value is -6.01. The normalized spacial score (nSPS) is 12.4. The molecule has 0 aliphatic rings. The first-order valence-corrected chi connectivity index (χ1v) is 15.7. The summed E-state index contributed by atoms with van der Waals surface area (Å²) in [6.45, 7) is 11.5. The Kier molecular flexibility index (Phi) is 6.88. The molecule has 6 aromatic carbocycles. The molecule has 0 aliphatic carbocycles. The predicted octanol–water partition coefficient (Wildman–Crippen LogP) is 12.8. The molecule has 50 heavy (non-hydrogen) atoms. The Balaban J connectivity index is 1.66. The number of aromatic nitrogens is 2. The van der Waals surface area contributed by atoms with Crippen molar-refractivity contribution in [1.29, 1.82) is 0 Å². The summed E-state index contributed by atoms with van der Waals surface area (Å²) < 4.78 is 91.9. The summed E-state index contributed by atoms with van der Waals surface area (Å²) in [5.41, 5.74) is 1.91. The van der Waals surface area contributed by atoms with Gasteiger partial charge in [-0.05, 0) is 85.1 Å². The highest BCUT2D eigenvalue weighted by Gasteiger charge is 2.36. The van der Waals surface area contributed by atoms with Gasteiger partial charge in [0.05, 0.1) is 45.6 Å². The van der Waals surface area contributed by atoms with Crippen LogP contribution in [0.3, 0.4) is 0 Å². The lowest BCUT2D eigenvalue weighted by Crippen LogP contribution is -2.11. The van der Waals surface area contributed by atoms with Crippen LogP contribution in [-0.2, 0) is 12.4 Å². The highest BCUT2D eigenvalue weighted by Crippen LogP contribution is 2.47. The van der Waals surface area contributed by atoms with Crippen LogP contribution in [0.15, 0.2) is 115 Å². The molecule has 0 atom stereocenters. The van der Waals surface area contributed by atoms with Crippen molar-refractivity contribution in [2.75, 3.05) is 0 Å². The van der Waals surface area contributed by atoms with E-state index in [0.717, 1.165) is 56.9 Å². The number of hydrogen-bond donors (Lipinski definition) is 0. The Bertz CT molecular complexity index is 2580. The van der Waals surface area contributed by atoms with E-state index in [2.05, 4.69) is 4.85 Å². The molecule has 2 aromatic heterocycles. The lowest BCUT2D eigenvalue weighted by atomic mass is 9.95. The zero-order valence-electron chi connectivity index (χ0n) is 26.6. The third-order valence-electron chi connectivity index (χ3n) is 9.38. The smallest absolute Gasteiger partial charge is 0.309 e. The van der Waals surface area contributed by atoms with Gasteiger partial charge in [0.2, 0.25) is 0 Å². The van der Waals surface area contributed by atoms with E-state index < -0.39 is 23.5 Å². The maximum absolute atomic E-state index is 15.1. The number of benzene rings is 6. The fraction of sp³-hybridized carbons (Fsp3) is 0.0976. The molecular formula is C41H25F6N3. The summed E-state index contributed by atoms with van der Waals surface area (Å²) in [6, 6.07) is 30.6. The van der Waals surface area contributed by atoms with Gasteiger partial charge >= 0.3 is 12.4 Å². The van der Waals surface area contributed by atoms with Crippen LogP contribution in [0.25, 0.3) is 71.0 Å². The lowest BCUT2D eigenvalue weighted by Gasteiger charge is -2.23. The van der Waals surface area contributed by atoms with E-state index in [4.69, 9.17) is 6.57 Å². The molecule has 0 aliphatic heterocycles. The van der Waals surface area contributed by atoms with Crippen LogP contribution in [0, 0.1) is 20.4 Å². The maximum atomic E-state index is 15.1. The minimum absolute atomic E-state index is 0.0282. The topological polar surface area (TPSA) is 14.2 Å². The van der Waals surface area contributed by atoms with E-state index in [-0.39, 0.29) is 28.2 Å². The van der Waals surface area contributed by atoms with Crippen LogP contribution in [0.5, 0.6) is 0 Å². The number of aryl methyl sites for hydroxylation is 2. The van der Waals surface area contributed by atoms with E-state index in [0.29, 0.717) is 22.1 Å². The quantitative estimate of drug-likeness (QED) is 0.131. The highest BCUT2D eigenvalue weighted by atomic mass is 19.4. The molecule has 0 amide bonds. The molecule has 0 spiro atoms. The van der Waals surface area contributed by atoms with Crippen LogP contribution < -0.4 is 0 Å². The van der Waals surface area contributed by atoms with Crippen molar-refractivity contribution in [3.05, 3.63) is 149 Å². The van der Waals surface area contributed by atoms with Gasteiger partial charge in [-0.15, -0.1) is 0 Å². The molecule has 8 aromatic rings. The molecule has 0 unspecified atom stereocenters. The van der Waals surface area contributed by atoms with Crippen molar-refractivity contribution in [3.8, 4) is 22.5 Å². The number of halogens is 6. The minimum atomic E-state index is -4.82. The first-order valence-electron chi connectivity index (χ1n) is 15.7. The summed E-state index contributed by atoms with van der Waals surface area (Å²) in [7, 11) is 0. The Morgan fingerprint density at radius 2 is 0.960 bits per heavy atom. The number of nitrogens with zero attached hydrogens (tertiary/aromatic N) is 3. The Morgan fingerprint density at radius 3 is 1.42 bits per heavy atom. The summed E-state index contributed by atoms with van der Waals surface area (Å²) in [4.78, 5) is 3.35. The second-order valence-electron chi connectivity index (χ2n) is 12.4. The molecule has 9 heteroatoms. The van der Waals surface area contributed by atoms with Gasteiger partial charge in [-0.1, -0.05) is 60.7 Å². The third kappa shape index (κ3) is 4.74. The van der Waals surface area contributed by atoms with Crippen LogP contribution >= 0.6 is 0 Å². The van der Waals surface area contributed by atoms with Crippen molar-refractivity contribution in [2.45, 2.75) is 26.2 Å². The molecule has 246 valence electrons. The molecule has 0 saturated heterocycles. The van der Waals surface area contributed by atoms with Crippen molar-refractivity contribution >= 4 is 49.3 Å². The molecule has 0 saturated carbocycles. The minimum Gasteiger partial charge on any atom is -0.309 e. The molecule has 3 nitrogen and oxygen atoms in total. The fourth-order valence-electron chi connectivity index (χ4n) is 7.32. The second-order valence-corrected chi connectivity index (χ2v) is 12.4. The van der Waals surface area contributed by atoms with E-state index in [9.17, 15) is 13.2 Å². The Labute approximate surface area is 282 Å². The van der Waals surface area contributed by atoms with Gasteiger partial charge in [0.25, 0.3) is 0 Å². The second kappa shape index (κ2) is 11.0. The van der Waals surface area contributed by atoms with E-state index >= 15 is 13.2 Å². The molecule has 2 heterocycles. The molecule has 0 radical (unpaired) electrons. The number of rotatable bonds is 3. The summed E-state index contributed by atoms with van der Waals surface area (Å²) >= 11 is 0. The molecular weight excluding hydrogens is 648 g/mol. The molecule has 0 fully saturated rings. The zero-order chi connectivity index (χ0) is 35.1. The fourth-order valence-corrected chi connectivity index (χ4v) is 7.32. The van der Waals surface area contributed by atoms with Gasteiger partial charge in [0, 0.05) is 32.7 Å². The van der Waals surface area contributed by atoms with Crippen LogP contribution in [0.4, 0.5) is 32.0 Å². The number of hydrogen-bond acceptors (Lipinski definition) is 0. The SMILES string of the molecule is [C-]#[N+]c1cc(-c2c(-n3c4ccccc4c4c(C)cccc43)cc(C(F)(F)F)cc2-n2c3ccccc3c3c(C)cccc32)cc(C(F)(F)F)c1. The van der Waals surface area contributed by atoms with Crippen molar-refractivity contribution < 1.29 is 26.3 Å². The van der Waals surface area contributed by atoms with Gasteiger partial charge in [-0.3, -0.25) is 0 Å². The van der Waals surface area contributed by atoms with Gasteiger partial charge < -0.3 is 9.13 Å². The molecule has 0 bridgehead atoms. The van der Waals surface area contributed by atoms with E-state index in [1.54, 1.807) is 57.7 Å². The average molecular weight is 674 g/mol. The largest absolute Gasteiger partial charge is 0.416 e. The van der Waals surface area contributed by atoms with Crippen LogP contribution in [-0.4, -0.2) is 9.13 Å².